The van der Waals surface area contributed by atoms with Crippen molar-refractivity contribution in [2.45, 2.75) is 117 Å². The molecule has 0 saturated heterocycles. The van der Waals surface area contributed by atoms with E-state index < -0.39 is 0 Å². The zero-order valence-electron chi connectivity index (χ0n) is 18.6. The summed E-state index contributed by atoms with van der Waals surface area (Å²) < 4.78 is 1.19. The van der Waals surface area contributed by atoms with Crippen LogP contribution in [0.5, 0.6) is 0 Å². The quantitative estimate of drug-likeness (QED) is 0.141. The Labute approximate surface area is 167 Å². The SMILES string of the molecule is CCCCCCCCCCCCCCCCCC[N+](C)(C)CC.CS. The van der Waals surface area contributed by atoms with Gasteiger partial charge >= 0.3 is 0 Å². The van der Waals surface area contributed by atoms with Crippen LogP contribution in [0.2, 0.25) is 0 Å². The van der Waals surface area contributed by atoms with E-state index in [2.05, 4.69) is 40.6 Å². The van der Waals surface area contributed by atoms with Crippen LogP contribution in [0.1, 0.15) is 117 Å². The van der Waals surface area contributed by atoms with E-state index in [0.717, 1.165) is 0 Å². The molecule has 0 heterocycles. The minimum atomic E-state index is 1.19. The normalized spacial score (nSPS) is 11.3. The van der Waals surface area contributed by atoms with Crippen molar-refractivity contribution in [2.24, 2.45) is 0 Å². The van der Waals surface area contributed by atoms with Crippen LogP contribution in [0.4, 0.5) is 0 Å². The van der Waals surface area contributed by atoms with Gasteiger partial charge < -0.3 is 4.48 Å². The molecule has 0 aliphatic rings. The number of thiol groups is 1. The first-order valence-corrected chi connectivity index (χ1v) is 12.3. The van der Waals surface area contributed by atoms with E-state index in [9.17, 15) is 0 Å². The second kappa shape index (κ2) is 22.4. The van der Waals surface area contributed by atoms with Gasteiger partial charge in [-0.05, 0) is 26.0 Å². The van der Waals surface area contributed by atoms with Gasteiger partial charge in [-0.1, -0.05) is 96.8 Å². The molecule has 0 aliphatic carbocycles. The fraction of sp³-hybridized carbons (Fsp3) is 1.00. The summed E-state index contributed by atoms with van der Waals surface area (Å²) >= 11 is 3.53. The highest BCUT2D eigenvalue weighted by Gasteiger charge is 2.09. The monoisotopic (exact) mass is 374 g/mol. The molecule has 0 spiro atoms. The van der Waals surface area contributed by atoms with E-state index in [1.54, 1.807) is 6.26 Å². The first-order valence-electron chi connectivity index (χ1n) is 11.4. The first-order chi connectivity index (χ1) is 12.1. The molecule has 0 amide bonds. The lowest BCUT2D eigenvalue weighted by molar-refractivity contribution is -0.888. The molecule has 0 rings (SSSR count). The van der Waals surface area contributed by atoms with Crippen molar-refractivity contribution in [3.8, 4) is 0 Å². The minimum absolute atomic E-state index is 1.19. The van der Waals surface area contributed by atoms with E-state index in [4.69, 9.17) is 0 Å². The predicted molar refractivity (Wildman–Crippen MR) is 122 cm³/mol. The highest BCUT2D eigenvalue weighted by atomic mass is 32.1. The Kier molecular flexibility index (Phi) is 24.6. The largest absolute Gasteiger partial charge is 0.329 e. The Hall–Kier alpha value is 0.310. The van der Waals surface area contributed by atoms with Gasteiger partial charge in [0.25, 0.3) is 0 Å². The smallest absolute Gasteiger partial charge is 0.0782 e. The maximum absolute atomic E-state index is 3.53. The second-order valence-corrected chi connectivity index (χ2v) is 8.28. The highest BCUT2D eigenvalue weighted by molar-refractivity contribution is 7.79. The van der Waals surface area contributed by atoms with Crippen molar-refractivity contribution in [1.29, 1.82) is 0 Å². The zero-order valence-corrected chi connectivity index (χ0v) is 19.5. The van der Waals surface area contributed by atoms with Crippen molar-refractivity contribution in [2.75, 3.05) is 33.4 Å². The molecule has 0 N–H and O–H groups in total. The fourth-order valence-corrected chi connectivity index (χ4v) is 3.25. The van der Waals surface area contributed by atoms with Gasteiger partial charge in [-0.2, -0.15) is 12.6 Å². The Bertz CT molecular complexity index is 228. The van der Waals surface area contributed by atoms with Gasteiger partial charge in [0.1, 0.15) is 0 Å². The fourth-order valence-electron chi connectivity index (χ4n) is 3.25. The summed E-state index contributed by atoms with van der Waals surface area (Å²) in [6.07, 6.45) is 25.1. The van der Waals surface area contributed by atoms with Crippen LogP contribution in [0.3, 0.4) is 0 Å². The summed E-state index contributed by atoms with van der Waals surface area (Å²) in [4.78, 5) is 0. The molecule has 0 radical (unpaired) electrons. The summed E-state index contributed by atoms with van der Waals surface area (Å²) in [6.45, 7) is 7.21. The molecule has 0 aromatic heterocycles. The number of rotatable bonds is 18. The number of nitrogens with zero attached hydrogens (tertiary/aromatic N) is 1. The first kappa shape index (κ1) is 27.5. The molecule has 0 aliphatic heterocycles. The molecule has 2 heteroatoms. The van der Waals surface area contributed by atoms with Crippen molar-refractivity contribution >= 4 is 12.6 Å². The molecule has 1 nitrogen and oxygen atoms in total. The Morgan fingerprint density at radius 1 is 0.480 bits per heavy atom. The van der Waals surface area contributed by atoms with Crippen LogP contribution in [0.15, 0.2) is 0 Å². The average Bonchev–Trinajstić information content (AvgIpc) is 2.63. The van der Waals surface area contributed by atoms with Crippen molar-refractivity contribution in [3.63, 3.8) is 0 Å². The molecule has 25 heavy (non-hydrogen) atoms. The van der Waals surface area contributed by atoms with E-state index in [0.29, 0.717) is 0 Å². The number of quaternary nitrogens is 1. The van der Waals surface area contributed by atoms with E-state index >= 15 is 0 Å². The van der Waals surface area contributed by atoms with Gasteiger partial charge in [0, 0.05) is 0 Å². The predicted octanol–water partition coefficient (Wildman–Crippen LogP) is 7.89. The lowest BCUT2D eigenvalue weighted by Crippen LogP contribution is -2.39. The summed E-state index contributed by atoms with van der Waals surface area (Å²) in [5.74, 6) is 0. The minimum Gasteiger partial charge on any atom is -0.329 e. The van der Waals surface area contributed by atoms with Gasteiger partial charge in [0.05, 0.1) is 27.2 Å². The van der Waals surface area contributed by atoms with Gasteiger partial charge in [-0.15, -0.1) is 0 Å². The average molecular weight is 375 g/mol. The van der Waals surface area contributed by atoms with Crippen LogP contribution < -0.4 is 0 Å². The highest BCUT2D eigenvalue weighted by Crippen LogP contribution is 2.14. The number of hydrogen-bond acceptors (Lipinski definition) is 1. The Balaban J connectivity index is 0. The molecule has 0 unspecified atom stereocenters. The Morgan fingerprint density at radius 2 is 0.760 bits per heavy atom. The van der Waals surface area contributed by atoms with Gasteiger partial charge in [0.15, 0.2) is 0 Å². The lowest BCUT2D eigenvalue weighted by atomic mass is 10.0. The molecular weight excluding hydrogens is 322 g/mol. The number of unbranched alkanes of at least 4 members (excludes halogenated alkanes) is 15. The molecule has 0 fully saturated rings. The van der Waals surface area contributed by atoms with E-state index in [1.807, 2.05) is 0 Å². The van der Waals surface area contributed by atoms with Gasteiger partial charge in [0.2, 0.25) is 0 Å². The molecule has 0 aromatic rings. The summed E-state index contributed by atoms with van der Waals surface area (Å²) in [5.41, 5.74) is 0. The van der Waals surface area contributed by atoms with Crippen LogP contribution in [0.25, 0.3) is 0 Å². The van der Waals surface area contributed by atoms with Crippen LogP contribution in [0, 0.1) is 0 Å². The lowest BCUT2D eigenvalue weighted by Gasteiger charge is -2.28. The van der Waals surface area contributed by atoms with Crippen LogP contribution in [-0.2, 0) is 0 Å². The summed E-state index contributed by atoms with van der Waals surface area (Å²) in [5, 5.41) is 0. The molecule has 154 valence electrons. The molecule has 0 atom stereocenters. The molecule has 0 aromatic carbocycles. The van der Waals surface area contributed by atoms with Crippen molar-refractivity contribution in [1.82, 2.24) is 0 Å². The third-order valence-corrected chi connectivity index (χ3v) is 5.47. The van der Waals surface area contributed by atoms with E-state index in [-0.39, 0.29) is 0 Å². The standard InChI is InChI=1S/C22H48N.CH4S/c1-5-7-8-9-10-11-12-13-14-15-16-17-18-19-20-21-22-23(3,4)6-2;1-2/h5-22H2,1-4H3;2H,1H3/q+1;. The molecular formula is C23H52NS+. The Morgan fingerprint density at radius 3 is 1.04 bits per heavy atom. The maximum atomic E-state index is 3.53. The molecule has 0 saturated carbocycles. The van der Waals surface area contributed by atoms with Crippen LogP contribution in [-0.4, -0.2) is 37.9 Å². The third-order valence-electron chi connectivity index (χ3n) is 5.47. The summed E-state index contributed by atoms with van der Waals surface area (Å²) in [7, 11) is 4.70. The van der Waals surface area contributed by atoms with Gasteiger partial charge in [-0.3, -0.25) is 0 Å². The zero-order chi connectivity index (χ0) is 19.2. The molecule has 0 bridgehead atoms. The topological polar surface area (TPSA) is 0 Å². The summed E-state index contributed by atoms with van der Waals surface area (Å²) in [6, 6.07) is 0. The van der Waals surface area contributed by atoms with Crippen LogP contribution >= 0.6 is 12.6 Å². The maximum Gasteiger partial charge on any atom is 0.0782 e. The number of hydrogen-bond donors (Lipinski definition) is 1. The van der Waals surface area contributed by atoms with Crippen molar-refractivity contribution < 1.29 is 4.48 Å². The van der Waals surface area contributed by atoms with E-state index in [1.165, 1.54) is 120 Å². The second-order valence-electron chi connectivity index (χ2n) is 8.28. The van der Waals surface area contributed by atoms with Crippen molar-refractivity contribution in [3.05, 3.63) is 0 Å². The van der Waals surface area contributed by atoms with Gasteiger partial charge in [-0.25, -0.2) is 0 Å². The third kappa shape index (κ3) is 24.3.